The molecule has 3 aromatic rings. The fourth-order valence-electron chi connectivity index (χ4n) is 3.08. The first kappa shape index (κ1) is 23.7. The van der Waals surface area contributed by atoms with Crippen molar-refractivity contribution in [2.75, 3.05) is 0 Å². The minimum Gasteiger partial charge on any atom is -0.480 e. The van der Waals surface area contributed by atoms with Crippen LogP contribution in [0.2, 0.25) is 0 Å². The van der Waals surface area contributed by atoms with Crippen LogP contribution in [-0.2, 0) is 16.0 Å². The quantitative estimate of drug-likeness (QED) is 0.510. The van der Waals surface area contributed by atoms with E-state index >= 15 is 0 Å². The summed E-state index contributed by atoms with van der Waals surface area (Å²) >= 11 is 0. The van der Waals surface area contributed by atoms with E-state index in [-0.39, 0.29) is 6.42 Å². The maximum Gasteiger partial charge on any atom is 0.408 e. The Morgan fingerprint density at radius 2 is 1.55 bits per heavy atom. The Morgan fingerprint density at radius 3 is 2.00 bits per heavy atom. The molecule has 1 aromatic heterocycles. The van der Waals surface area contributed by atoms with Crippen LogP contribution in [0.25, 0.3) is 0 Å². The number of carbonyl (C=O) groups excluding carboxylic acids is 1. The molecule has 170 valence electrons. The topological polar surface area (TPSA) is 101 Å². The van der Waals surface area contributed by atoms with Crippen LogP contribution in [-0.4, -0.2) is 39.5 Å². The fraction of sp³-hybridized carbons (Fsp3) is 0.231. The van der Waals surface area contributed by atoms with Gasteiger partial charge in [0.2, 0.25) is 0 Å². The second-order valence-electron chi connectivity index (χ2n) is 8.44. The average Bonchev–Trinajstić information content (AvgIpc) is 2.78. The molecule has 0 saturated heterocycles. The highest BCUT2D eigenvalue weighted by Crippen LogP contribution is 2.18. The molecule has 3 rings (SSSR count). The number of rotatable bonds is 7. The minimum atomic E-state index is -1.17. The lowest BCUT2D eigenvalue weighted by Gasteiger charge is -2.21. The van der Waals surface area contributed by atoms with Crippen LogP contribution >= 0.6 is 0 Å². The standard InChI is InChI=1S/C26H27N3O4/c1-26(2,3)33-25(32)29-22(24(30)31)16-20-14-15-21(17-27-20)28-23(18-10-6-4-7-11-18)19-12-8-5-9-13-19/h4-15,17,22H,16H2,1-3H3,(H,29,32)(H,30,31)/t22-/m0/s1. The van der Waals surface area contributed by atoms with Gasteiger partial charge in [-0.3, -0.25) is 4.98 Å². The van der Waals surface area contributed by atoms with Crippen molar-refractivity contribution in [1.82, 2.24) is 10.3 Å². The van der Waals surface area contributed by atoms with Crippen LogP contribution < -0.4 is 5.32 Å². The smallest absolute Gasteiger partial charge is 0.408 e. The van der Waals surface area contributed by atoms with Crippen molar-refractivity contribution in [2.24, 2.45) is 4.99 Å². The Kier molecular flexibility index (Phi) is 7.56. The molecule has 0 aliphatic carbocycles. The van der Waals surface area contributed by atoms with Gasteiger partial charge in [-0.25, -0.2) is 14.6 Å². The number of aliphatic carboxylic acids is 1. The molecule has 1 atom stereocenters. The SMILES string of the molecule is CC(C)(C)OC(=O)N[C@@H](Cc1ccc(N=C(c2ccccc2)c2ccccc2)cn1)C(=O)O. The molecule has 1 heterocycles. The van der Waals surface area contributed by atoms with Crippen LogP contribution in [0.15, 0.2) is 84.0 Å². The summed E-state index contributed by atoms with van der Waals surface area (Å²) in [6.45, 7) is 5.13. The van der Waals surface area contributed by atoms with Gasteiger partial charge in [0, 0.05) is 23.2 Å². The minimum absolute atomic E-state index is 0.0167. The number of hydrogen-bond donors (Lipinski definition) is 2. The molecule has 0 unspecified atom stereocenters. The van der Waals surface area contributed by atoms with Crippen LogP contribution in [0.4, 0.5) is 10.5 Å². The maximum atomic E-state index is 12.0. The lowest BCUT2D eigenvalue weighted by molar-refractivity contribution is -0.139. The number of nitrogens with zero attached hydrogens (tertiary/aromatic N) is 2. The molecule has 1 amide bonds. The van der Waals surface area contributed by atoms with Crippen molar-refractivity contribution in [3.8, 4) is 0 Å². The van der Waals surface area contributed by atoms with Crippen molar-refractivity contribution in [2.45, 2.75) is 38.8 Å². The van der Waals surface area contributed by atoms with E-state index in [4.69, 9.17) is 9.73 Å². The number of carboxylic acid groups (broad SMARTS) is 1. The summed E-state index contributed by atoms with van der Waals surface area (Å²) in [5.74, 6) is -1.17. The number of alkyl carbamates (subject to hydrolysis) is 1. The van der Waals surface area contributed by atoms with Gasteiger partial charge in [0.25, 0.3) is 0 Å². The highest BCUT2D eigenvalue weighted by Gasteiger charge is 2.24. The highest BCUT2D eigenvalue weighted by molar-refractivity contribution is 6.13. The van der Waals surface area contributed by atoms with E-state index < -0.39 is 23.7 Å². The number of aliphatic imine (C=N–C) groups is 1. The summed E-state index contributed by atoms with van der Waals surface area (Å²) < 4.78 is 5.15. The van der Waals surface area contributed by atoms with Gasteiger partial charge in [-0.1, -0.05) is 60.7 Å². The second-order valence-corrected chi connectivity index (χ2v) is 8.44. The van der Waals surface area contributed by atoms with E-state index in [0.717, 1.165) is 16.8 Å². The number of carboxylic acids is 1. The molecule has 0 radical (unpaired) electrons. The Labute approximate surface area is 193 Å². The molecule has 0 aliphatic rings. The van der Waals surface area contributed by atoms with Crippen molar-refractivity contribution < 1.29 is 19.4 Å². The van der Waals surface area contributed by atoms with Crippen LogP contribution in [0, 0.1) is 0 Å². The third-order valence-corrected chi connectivity index (χ3v) is 4.55. The normalized spacial score (nSPS) is 11.8. The summed E-state index contributed by atoms with van der Waals surface area (Å²) in [5.41, 5.74) is 3.17. The molecule has 2 aromatic carbocycles. The number of benzene rings is 2. The Hall–Kier alpha value is -4.00. The first-order chi connectivity index (χ1) is 15.7. The average molecular weight is 446 g/mol. The fourth-order valence-corrected chi connectivity index (χ4v) is 3.08. The third-order valence-electron chi connectivity index (χ3n) is 4.55. The zero-order valence-corrected chi connectivity index (χ0v) is 18.9. The van der Waals surface area contributed by atoms with E-state index in [1.54, 1.807) is 39.1 Å². The van der Waals surface area contributed by atoms with Gasteiger partial charge in [0.1, 0.15) is 11.6 Å². The number of pyridine rings is 1. The van der Waals surface area contributed by atoms with Gasteiger partial charge in [-0.2, -0.15) is 0 Å². The van der Waals surface area contributed by atoms with Gasteiger partial charge in [0.15, 0.2) is 0 Å². The monoisotopic (exact) mass is 445 g/mol. The number of carbonyl (C=O) groups is 2. The van der Waals surface area contributed by atoms with E-state index in [1.807, 2.05) is 60.7 Å². The molecule has 0 aliphatic heterocycles. The van der Waals surface area contributed by atoms with Crippen LogP contribution in [0.3, 0.4) is 0 Å². The van der Waals surface area contributed by atoms with Crippen LogP contribution in [0.1, 0.15) is 37.6 Å². The second kappa shape index (κ2) is 10.5. The molecule has 0 saturated carbocycles. The molecule has 7 nitrogen and oxygen atoms in total. The predicted molar refractivity (Wildman–Crippen MR) is 127 cm³/mol. The number of ether oxygens (including phenoxy) is 1. The number of aromatic nitrogens is 1. The summed E-state index contributed by atoms with van der Waals surface area (Å²) in [5, 5.41) is 11.9. The zero-order chi connectivity index (χ0) is 23.8. The van der Waals surface area contributed by atoms with Gasteiger partial charge in [-0.05, 0) is 32.9 Å². The van der Waals surface area contributed by atoms with E-state index in [1.165, 1.54) is 0 Å². The maximum absolute atomic E-state index is 12.0. The Morgan fingerprint density at radius 1 is 0.970 bits per heavy atom. The Bertz CT molecular complexity index is 1060. The van der Waals surface area contributed by atoms with Gasteiger partial charge < -0.3 is 15.2 Å². The summed E-state index contributed by atoms with van der Waals surface area (Å²) in [6, 6.07) is 22.0. The summed E-state index contributed by atoms with van der Waals surface area (Å²) in [6.07, 6.45) is 0.822. The molecule has 2 N–H and O–H groups in total. The molecular weight excluding hydrogens is 418 g/mol. The Balaban J connectivity index is 1.79. The summed E-state index contributed by atoms with van der Waals surface area (Å²) in [4.78, 5) is 32.7. The van der Waals surface area contributed by atoms with Crippen molar-refractivity contribution in [3.05, 3.63) is 95.8 Å². The molecule has 7 heteroatoms. The lowest BCUT2D eigenvalue weighted by atomic mass is 10.0. The predicted octanol–water partition coefficient (Wildman–Crippen LogP) is 4.77. The van der Waals surface area contributed by atoms with Crippen molar-refractivity contribution in [3.63, 3.8) is 0 Å². The zero-order valence-electron chi connectivity index (χ0n) is 18.9. The van der Waals surface area contributed by atoms with Gasteiger partial charge in [-0.15, -0.1) is 0 Å². The number of amides is 1. The highest BCUT2D eigenvalue weighted by atomic mass is 16.6. The number of hydrogen-bond acceptors (Lipinski definition) is 5. The van der Waals surface area contributed by atoms with Gasteiger partial charge in [0.05, 0.1) is 17.6 Å². The molecule has 0 spiro atoms. The molecule has 33 heavy (non-hydrogen) atoms. The van der Waals surface area contributed by atoms with Crippen LogP contribution in [0.5, 0.6) is 0 Å². The van der Waals surface area contributed by atoms with Gasteiger partial charge >= 0.3 is 12.1 Å². The van der Waals surface area contributed by atoms with E-state index in [2.05, 4.69) is 10.3 Å². The molecular formula is C26H27N3O4. The molecule has 0 bridgehead atoms. The first-order valence-corrected chi connectivity index (χ1v) is 10.6. The third kappa shape index (κ3) is 7.28. The molecule has 0 fully saturated rings. The van der Waals surface area contributed by atoms with E-state index in [9.17, 15) is 14.7 Å². The largest absolute Gasteiger partial charge is 0.480 e. The first-order valence-electron chi connectivity index (χ1n) is 10.6. The van der Waals surface area contributed by atoms with E-state index in [0.29, 0.717) is 11.4 Å². The lowest BCUT2D eigenvalue weighted by Crippen LogP contribution is -2.44. The number of nitrogens with one attached hydrogen (secondary N) is 1. The summed E-state index contributed by atoms with van der Waals surface area (Å²) in [7, 11) is 0. The van der Waals surface area contributed by atoms with Crippen molar-refractivity contribution >= 4 is 23.5 Å². The van der Waals surface area contributed by atoms with Crippen molar-refractivity contribution in [1.29, 1.82) is 0 Å².